The average molecular weight is 393 g/mol. The van der Waals surface area contributed by atoms with E-state index in [4.69, 9.17) is 15.6 Å². The molecule has 0 radical (unpaired) electrons. The molecule has 1 aromatic carbocycles. The van der Waals surface area contributed by atoms with Crippen LogP contribution in [0.25, 0.3) is 0 Å². The highest BCUT2D eigenvalue weighted by atomic mass is 16.6. The number of carboxylic acid groups (broad SMARTS) is 1. The number of benzene rings is 1. The standard InChI is InChI=1S/C18H23N3O7/c1-2-3-11(20-17(25)13-14(28-13)18(26)27)16(24)21-12(15(19)23)8-9-4-6-10(22)7-5-9/h4-7,11-14,22H,2-3,8H2,1H3,(H2,19,23)(H,20,25)(H,21,24)(H,26,27)/t11-,12-,13?,14-/m0/s1. The van der Waals surface area contributed by atoms with E-state index in [0.717, 1.165) is 0 Å². The van der Waals surface area contributed by atoms with E-state index in [9.17, 15) is 24.3 Å². The highest BCUT2D eigenvalue weighted by Gasteiger charge is 2.51. The van der Waals surface area contributed by atoms with Crippen LogP contribution in [0, 0.1) is 0 Å². The number of primary amides is 1. The summed E-state index contributed by atoms with van der Waals surface area (Å²) in [5.74, 6) is -3.24. The first-order valence-corrected chi connectivity index (χ1v) is 8.79. The third-order valence-corrected chi connectivity index (χ3v) is 4.24. The predicted octanol–water partition coefficient (Wildman–Crippen LogP) is -0.958. The fourth-order valence-corrected chi connectivity index (χ4v) is 2.67. The lowest BCUT2D eigenvalue weighted by atomic mass is 10.0. The number of carboxylic acids is 1. The SMILES string of the molecule is CCC[C@H](NC(=O)C1O[C@@H]1C(=O)O)C(=O)N[C@@H](Cc1ccc(O)cc1)C(N)=O. The fraction of sp³-hybridized carbons (Fsp3) is 0.444. The number of carbonyl (C=O) groups is 4. The van der Waals surface area contributed by atoms with Crippen LogP contribution in [0.5, 0.6) is 5.75 Å². The molecule has 1 aliphatic rings. The number of ether oxygens (including phenoxy) is 1. The van der Waals surface area contributed by atoms with Crippen molar-refractivity contribution in [2.75, 3.05) is 0 Å². The van der Waals surface area contributed by atoms with Crippen LogP contribution in [0.1, 0.15) is 25.3 Å². The van der Waals surface area contributed by atoms with E-state index in [-0.39, 0.29) is 18.6 Å². The first kappa shape index (κ1) is 21.2. The Morgan fingerprint density at radius 3 is 2.25 bits per heavy atom. The Morgan fingerprint density at radius 2 is 1.75 bits per heavy atom. The van der Waals surface area contributed by atoms with E-state index in [1.807, 2.05) is 6.92 Å². The monoisotopic (exact) mass is 393 g/mol. The van der Waals surface area contributed by atoms with Gasteiger partial charge < -0.3 is 31.3 Å². The number of nitrogens with two attached hydrogens (primary N) is 1. The van der Waals surface area contributed by atoms with E-state index in [1.165, 1.54) is 12.1 Å². The highest BCUT2D eigenvalue weighted by Crippen LogP contribution is 2.22. The van der Waals surface area contributed by atoms with Crippen molar-refractivity contribution in [3.8, 4) is 5.75 Å². The van der Waals surface area contributed by atoms with Crippen LogP contribution in [0.2, 0.25) is 0 Å². The molecule has 1 aliphatic heterocycles. The molecule has 2 rings (SSSR count). The first-order valence-electron chi connectivity index (χ1n) is 8.79. The van der Waals surface area contributed by atoms with Crippen molar-refractivity contribution in [1.29, 1.82) is 0 Å². The summed E-state index contributed by atoms with van der Waals surface area (Å²) in [5, 5.41) is 23.1. The van der Waals surface area contributed by atoms with Gasteiger partial charge in [0.15, 0.2) is 12.2 Å². The zero-order valence-corrected chi connectivity index (χ0v) is 15.3. The van der Waals surface area contributed by atoms with Crippen LogP contribution < -0.4 is 16.4 Å². The second kappa shape index (κ2) is 9.18. The molecular weight excluding hydrogens is 370 g/mol. The van der Waals surface area contributed by atoms with Crippen molar-refractivity contribution < 1.29 is 34.1 Å². The molecule has 0 spiro atoms. The number of nitrogens with one attached hydrogen (secondary N) is 2. The summed E-state index contributed by atoms with van der Waals surface area (Å²) in [4.78, 5) is 47.1. The van der Waals surface area contributed by atoms with Crippen molar-refractivity contribution in [3.63, 3.8) is 0 Å². The Morgan fingerprint density at radius 1 is 1.11 bits per heavy atom. The molecule has 1 fully saturated rings. The summed E-state index contributed by atoms with van der Waals surface area (Å²) in [6.07, 6.45) is -1.38. The maximum atomic E-state index is 12.6. The largest absolute Gasteiger partial charge is 0.508 e. The van der Waals surface area contributed by atoms with E-state index < -0.39 is 48.0 Å². The van der Waals surface area contributed by atoms with Gasteiger partial charge in [0.05, 0.1) is 0 Å². The number of amides is 3. The molecule has 0 bridgehead atoms. The number of hydrogen-bond acceptors (Lipinski definition) is 6. The number of epoxide rings is 1. The van der Waals surface area contributed by atoms with Crippen LogP contribution in [0.3, 0.4) is 0 Å². The number of carbonyl (C=O) groups excluding carboxylic acids is 3. The molecule has 0 aliphatic carbocycles. The van der Waals surface area contributed by atoms with Crippen LogP contribution in [-0.2, 0) is 30.3 Å². The quantitative estimate of drug-likeness (QED) is 0.319. The third-order valence-electron chi connectivity index (χ3n) is 4.24. The minimum Gasteiger partial charge on any atom is -0.508 e. The van der Waals surface area contributed by atoms with Gasteiger partial charge in [-0.3, -0.25) is 14.4 Å². The molecule has 1 unspecified atom stereocenters. The summed E-state index contributed by atoms with van der Waals surface area (Å²) in [6, 6.07) is 4.11. The highest BCUT2D eigenvalue weighted by molar-refractivity contribution is 5.96. The molecule has 152 valence electrons. The Balaban J connectivity index is 1.99. The summed E-state index contributed by atoms with van der Waals surface area (Å²) >= 11 is 0. The molecule has 1 aromatic rings. The second-order valence-corrected chi connectivity index (χ2v) is 6.50. The number of phenolic OH excluding ortho intramolecular Hbond substituents is 1. The maximum absolute atomic E-state index is 12.6. The zero-order valence-electron chi connectivity index (χ0n) is 15.3. The minimum atomic E-state index is -1.25. The van der Waals surface area contributed by atoms with Crippen LogP contribution in [0.15, 0.2) is 24.3 Å². The second-order valence-electron chi connectivity index (χ2n) is 6.50. The minimum absolute atomic E-state index is 0.0658. The van der Waals surface area contributed by atoms with Gasteiger partial charge in [-0.1, -0.05) is 25.5 Å². The topological polar surface area (TPSA) is 171 Å². The Kier molecular flexibility index (Phi) is 6.94. The average Bonchev–Trinajstić information content (AvgIpc) is 3.43. The first-order chi connectivity index (χ1) is 13.2. The molecule has 6 N–H and O–H groups in total. The van der Waals surface area contributed by atoms with Gasteiger partial charge in [-0.05, 0) is 24.1 Å². The lowest BCUT2D eigenvalue weighted by molar-refractivity contribution is -0.138. The van der Waals surface area contributed by atoms with Crippen LogP contribution >= 0.6 is 0 Å². The number of hydrogen-bond donors (Lipinski definition) is 5. The lowest BCUT2D eigenvalue weighted by Gasteiger charge is -2.21. The van der Waals surface area contributed by atoms with Gasteiger partial charge in [-0.2, -0.15) is 0 Å². The number of phenols is 1. The molecular formula is C18H23N3O7. The zero-order chi connectivity index (χ0) is 20.8. The molecule has 1 saturated heterocycles. The molecule has 28 heavy (non-hydrogen) atoms. The van der Waals surface area contributed by atoms with E-state index in [1.54, 1.807) is 12.1 Å². The molecule has 10 nitrogen and oxygen atoms in total. The number of rotatable bonds is 10. The van der Waals surface area contributed by atoms with Crippen molar-refractivity contribution >= 4 is 23.7 Å². The van der Waals surface area contributed by atoms with Gasteiger partial charge in [0.2, 0.25) is 11.8 Å². The summed E-state index contributed by atoms with van der Waals surface area (Å²) in [5.41, 5.74) is 6.05. The fourth-order valence-electron chi connectivity index (χ4n) is 2.67. The van der Waals surface area contributed by atoms with Crippen LogP contribution in [0.4, 0.5) is 0 Å². The molecule has 3 amide bonds. The lowest BCUT2D eigenvalue weighted by Crippen LogP contribution is -2.54. The maximum Gasteiger partial charge on any atom is 0.336 e. The van der Waals surface area contributed by atoms with Crippen molar-refractivity contribution in [2.45, 2.75) is 50.5 Å². The van der Waals surface area contributed by atoms with Crippen molar-refractivity contribution in [3.05, 3.63) is 29.8 Å². The van der Waals surface area contributed by atoms with E-state index in [0.29, 0.717) is 12.0 Å². The Labute approximate surface area is 161 Å². The third kappa shape index (κ3) is 5.68. The molecule has 10 heteroatoms. The number of aromatic hydroxyl groups is 1. The van der Waals surface area contributed by atoms with E-state index in [2.05, 4.69) is 10.6 Å². The summed E-state index contributed by atoms with van der Waals surface area (Å²) in [6.45, 7) is 1.81. The molecule has 0 saturated carbocycles. The van der Waals surface area contributed by atoms with Gasteiger partial charge in [0.1, 0.15) is 17.8 Å². The van der Waals surface area contributed by atoms with Gasteiger partial charge in [0.25, 0.3) is 5.91 Å². The smallest absolute Gasteiger partial charge is 0.336 e. The van der Waals surface area contributed by atoms with Gasteiger partial charge in [0, 0.05) is 6.42 Å². The van der Waals surface area contributed by atoms with Crippen LogP contribution in [-0.4, -0.2) is 58.2 Å². The van der Waals surface area contributed by atoms with Crippen molar-refractivity contribution in [1.82, 2.24) is 10.6 Å². The predicted molar refractivity (Wildman–Crippen MR) is 96.1 cm³/mol. The molecule has 0 aromatic heterocycles. The van der Waals surface area contributed by atoms with Crippen molar-refractivity contribution in [2.24, 2.45) is 5.73 Å². The Hall–Kier alpha value is -3.14. The van der Waals surface area contributed by atoms with Gasteiger partial charge in [-0.15, -0.1) is 0 Å². The molecule has 1 heterocycles. The number of aliphatic carboxylic acids is 1. The van der Waals surface area contributed by atoms with E-state index >= 15 is 0 Å². The van der Waals surface area contributed by atoms with Gasteiger partial charge >= 0.3 is 5.97 Å². The summed E-state index contributed by atoms with van der Waals surface area (Å²) < 4.78 is 4.77. The normalized spacial score (nSPS) is 19.9. The summed E-state index contributed by atoms with van der Waals surface area (Å²) in [7, 11) is 0. The molecule has 4 atom stereocenters. The van der Waals surface area contributed by atoms with Gasteiger partial charge in [-0.25, -0.2) is 4.79 Å². The Bertz CT molecular complexity index is 750.